The van der Waals surface area contributed by atoms with Crippen molar-refractivity contribution < 1.29 is 13.5 Å². The monoisotopic (exact) mass is 297 g/mol. The third-order valence-electron chi connectivity index (χ3n) is 2.77. The van der Waals surface area contributed by atoms with E-state index in [9.17, 15) is 14.0 Å². The predicted molar refractivity (Wildman–Crippen MR) is 69.7 cm³/mol. The normalized spacial score (nSPS) is 10.7. The van der Waals surface area contributed by atoms with E-state index in [4.69, 9.17) is 11.6 Å². The zero-order valence-corrected chi connectivity index (χ0v) is 11.4. The van der Waals surface area contributed by atoms with Crippen molar-refractivity contribution in [3.8, 4) is 23.1 Å². The van der Waals surface area contributed by atoms with Crippen LogP contribution in [0.2, 0.25) is 5.02 Å². The summed E-state index contributed by atoms with van der Waals surface area (Å²) in [5, 5.41) is 13.5. The van der Waals surface area contributed by atoms with E-state index in [-0.39, 0.29) is 16.3 Å². The highest BCUT2D eigenvalue weighted by atomic mass is 35.5. The first-order valence-corrected chi connectivity index (χ1v) is 5.99. The van der Waals surface area contributed by atoms with Crippen molar-refractivity contribution in [3.63, 3.8) is 0 Å². The molecule has 0 aliphatic heterocycles. The summed E-state index contributed by atoms with van der Waals surface area (Å²) >= 11 is 5.92. The highest BCUT2D eigenvalue weighted by molar-refractivity contribution is 6.31. The summed E-state index contributed by atoms with van der Waals surface area (Å²) in [6.45, 7) is -1.22. The predicted octanol–water partition coefficient (Wildman–Crippen LogP) is 3.52. The summed E-state index contributed by atoms with van der Waals surface area (Å²) in [5.74, 6) is -0.245. The minimum atomic E-state index is -3.03. The van der Waals surface area contributed by atoms with Crippen LogP contribution in [0.1, 0.15) is 11.1 Å². The van der Waals surface area contributed by atoms with Crippen LogP contribution in [0.4, 0.5) is 8.78 Å². The molecule has 0 N–H and O–H groups in total. The Morgan fingerprint density at radius 1 is 1.45 bits per heavy atom. The third-order valence-corrected chi connectivity index (χ3v) is 2.99. The van der Waals surface area contributed by atoms with Crippen LogP contribution < -0.4 is 4.74 Å². The van der Waals surface area contributed by atoms with Gasteiger partial charge in [0, 0.05) is 23.7 Å². The minimum absolute atomic E-state index is 0.00130. The molecule has 0 radical (unpaired) electrons. The van der Waals surface area contributed by atoms with Crippen LogP contribution in [-0.4, -0.2) is 16.4 Å². The molecule has 0 aliphatic carbocycles. The molecule has 2 aromatic rings. The number of halogens is 3. The average molecular weight is 298 g/mol. The van der Waals surface area contributed by atoms with Gasteiger partial charge in [0.1, 0.15) is 17.4 Å². The van der Waals surface area contributed by atoms with Gasteiger partial charge in [0.15, 0.2) is 0 Å². The highest BCUT2D eigenvalue weighted by Gasteiger charge is 2.19. The van der Waals surface area contributed by atoms with Gasteiger partial charge < -0.3 is 4.74 Å². The molecule has 0 fully saturated rings. The van der Waals surface area contributed by atoms with E-state index in [1.165, 1.54) is 12.1 Å². The number of alkyl halides is 2. The van der Waals surface area contributed by atoms with Gasteiger partial charge in [0.2, 0.25) is 0 Å². The minimum Gasteiger partial charge on any atom is -0.433 e. The molecule has 0 saturated carbocycles. The van der Waals surface area contributed by atoms with Crippen LogP contribution in [0.5, 0.6) is 5.75 Å². The van der Waals surface area contributed by atoms with Crippen molar-refractivity contribution in [3.05, 3.63) is 34.5 Å². The molecule has 0 bridgehead atoms. The number of rotatable bonds is 3. The van der Waals surface area contributed by atoms with E-state index in [1.54, 1.807) is 24.9 Å². The van der Waals surface area contributed by atoms with Gasteiger partial charge in [0.05, 0.1) is 11.9 Å². The molecule has 1 aromatic heterocycles. The molecule has 104 valence electrons. The largest absolute Gasteiger partial charge is 0.433 e. The van der Waals surface area contributed by atoms with E-state index in [2.05, 4.69) is 9.84 Å². The second-order valence-electron chi connectivity index (χ2n) is 4.12. The van der Waals surface area contributed by atoms with Gasteiger partial charge in [-0.25, -0.2) is 0 Å². The van der Waals surface area contributed by atoms with E-state index in [0.717, 1.165) is 5.56 Å². The summed E-state index contributed by atoms with van der Waals surface area (Å²) in [6, 6.07) is 4.61. The Bertz CT molecular complexity index is 672. The number of benzene rings is 1. The fraction of sp³-hybridized carbons (Fsp3) is 0.231. The molecule has 0 atom stereocenters. The number of nitriles is 1. The molecule has 7 heteroatoms. The maximum absolute atomic E-state index is 12.4. The molecule has 4 nitrogen and oxygen atoms in total. The summed E-state index contributed by atoms with van der Waals surface area (Å²) in [7, 11) is 1.69. The van der Waals surface area contributed by atoms with Gasteiger partial charge in [-0.2, -0.15) is 19.1 Å². The molecule has 0 spiro atoms. The standard InChI is InChI=1S/C13H10ClF2N3O/c1-7-6-18-19(2)12(7)9-3-8(14)4-11(10(9)5-17)20-13(15)16/h3-4,6,13H,1-2H3. The zero-order valence-electron chi connectivity index (χ0n) is 10.7. The van der Waals surface area contributed by atoms with Gasteiger partial charge in [-0.15, -0.1) is 0 Å². The Kier molecular flexibility index (Phi) is 3.91. The van der Waals surface area contributed by atoms with E-state index in [0.29, 0.717) is 11.3 Å². The van der Waals surface area contributed by atoms with Crippen molar-refractivity contribution in [2.45, 2.75) is 13.5 Å². The Balaban J connectivity index is 2.71. The quantitative estimate of drug-likeness (QED) is 0.871. The Hall–Kier alpha value is -2.13. The first-order chi connectivity index (χ1) is 9.43. The summed E-state index contributed by atoms with van der Waals surface area (Å²) in [5.41, 5.74) is 1.84. The van der Waals surface area contributed by atoms with Gasteiger partial charge in [-0.05, 0) is 18.6 Å². The SMILES string of the molecule is Cc1cnn(C)c1-c1cc(Cl)cc(OC(F)F)c1C#N. The summed E-state index contributed by atoms with van der Waals surface area (Å²) in [4.78, 5) is 0. The van der Waals surface area contributed by atoms with Crippen LogP contribution in [0.25, 0.3) is 11.3 Å². The summed E-state index contributed by atoms with van der Waals surface area (Å²) in [6.07, 6.45) is 1.62. The first kappa shape index (κ1) is 14.3. The number of aromatic nitrogens is 2. The maximum atomic E-state index is 12.4. The Morgan fingerprint density at radius 3 is 2.65 bits per heavy atom. The zero-order chi connectivity index (χ0) is 14.9. The molecule has 1 heterocycles. The van der Waals surface area contributed by atoms with E-state index < -0.39 is 6.61 Å². The van der Waals surface area contributed by atoms with Crippen molar-refractivity contribution >= 4 is 11.6 Å². The topological polar surface area (TPSA) is 50.8 Å². The molecular weight excluding hydrogens is 288 g/mol. The molecule has 20 heavy (non-hydrogen) atoms. The van der Waals surface area contributed by atoms with Crippen molar-refractivity contribution in [1.29, 1.82) is 5.26 Å². The lowest BCUT2D eigenvalue weighted by atomic mass is 10.0. The van der Waals surface area contributed by atoms with Crippen LogP contribution in [0.15, 0.2) is 18.3 Å². The number of aryl methyl sites for hydroxylation is 2. The number of nitrogens with zero attached hydrogens (tertiary/aromatic N) is 3. The van der Waals surface area contributed by atoms with Gasteiger partial charge in [-0.3, -0.25) is 4.68 Å². The maximum Gasteiger partial charge on any atom is 0.387 e. The molecular formula is C13H10ClF2N3O. The lowest BCUT2D eigenvalue weighted by Gasteiger charge is -2.12. The molecule has 0 aliphatic rings. The van der Waals surface area contributed by atoms with Crippen LogP contribution in [-0.2, 0) is 7.05 Å². The third kappa shape index (κ3) is 2.58. The van der Waals surface area contributed by atoms with Crippen molar-refractivity contribution in [2.75, 3.05) is 0 Å². The van der Waals surface area contributed by atoms with Gasteiger partial charge in [-0.1, -0.05) is 11.6 Å². The second kappa shape index (κ2) is 5.47. The van der Waals surface area contributed by atoms with Crippen LogP contribution in [0, 0.1) is 18.3 Å². The van der Waals surface area contributed by atoms with Gasteiger partial charge >= 0.3 is 6.61 Å². The van der Waals surface area contributed by atoms with Crippen LogP contribution >= 0.6 is 11.6 Å². The Labute approximate surface area is 119 Å². The number of hydrogen-bond acceptors (Lipinski definition) is 3. The molecule has 0 amide bonds. The Morgan fingerprint density at radius 2 is 2.15 bits per heavy atom. The summed E-state index contributed by atoms with van der Waals surface area (Å²) < 4.78 is 30.7. The smallest absolute Gasteiger partial charge is 0.387 e. The van der Waals surface area contributed by atoms with E-state index >= 15 is 0 Å². The second-order valence-corrected chi connectivity index (χ2v) is 4.55. The number of hydrogen-bond donors (Lipinski definition) is 0. The molecule has 0 unspecified atom stereocenters. The van der Waals surface area contributed by atoms with Crippen molar-refractivity contribution in [2.24, 2.45) is 7.05 Å². The lowest BCUT2D eigenvalue weighted by Crippen LogP contribution is -2.05. The van der Waals surface area contributed by atoms with E-state index in [1.807, 2.05) is 6.07 Å². The highest BCUT2D eigenvalue weighted by Crippen LogP contribution is 2.35. The number of ether oxygens (including phenoxy) is 1. The first-order valence-electron chi connectivity index (χ1n) is 5.61. The molecule has 0 saturated heterocycles. The van der Waals surface area contributed by atoms with Crippen molar-refractivity contribution in [1.82, 2.24) is 9.78 Å². The molecule has 2 rings (SSSR count). The fourth-order valence-electron chi connectivity index (χ4n) is 2.01. The average Bonchev–Trinajstić information content (AvgIpc) is 2.67. The molecule has 1 aromatic carbocycles. The fourth-order valence-corrected chi connectivity index (χ4v) is 2.22. The lowest BCUT2D eigenvalue weighted by molar-refractivity contribution is -0.0499. The van der Waals surface area contributed by atoms with Crippen LogP contribution in [0.3, 0.4) is 0 Å². The van der Waals surface area contributed by atoms with Gasteiger partial charge in [0.25, 0.3) is 0 Å².